The van der Waals surface area contributed by atoms with Crippen molar-refractivity contribution in [1.82, 2.24) is 4.98 Å². The number of fused-ring (bicyclic) bond motifs is 1. The van der Waals surface area contributed by atoms with E-state index in [-0.39, 0.29) is 11.7 Å². The molecule has 2 heterocycles. The van der Waals surface area contributed by atoms with Crippen LogP contribution < -0.4 is 5.32 Å². The van der Waals surface area contributed by atoms with Crippen molar-refractivity contribution in [2.75, 3.05) is 5.32 Å². The Morgan fingerprint density at radius 1 is 1.04 bits per heavy atom. The summed E-state index contributed by atoms with van der Waals surface area (Å²) >= 11 is 6.37. The first kappa shape index (κ1) is 14.7. The second-order valence-corrected chi connectivity index (χ2v) is 6.09. The molecule has 0 bridgehead atoms. The van der Waals surface area contributed by atoms with Crippen molar-refractivity contribution >= 4 is 23.2 Å². The fourth-order valence-corrected chi connectivity index (χ4v) is 3.20. The average Bonchev–Trinajstić information content (AvgIpc) is 2.94. The lowest BCUT2D eigenvalue weighted by Gasteiger charge is -2.09. The van der Waals surface area contributed by atoms with Crippen LogP contribution in [0.5, 0.6) is 5.75 Å². The second-order valence-electron chi connectivity index (χ2n) is 5.68. The Hall–Kier alpha value is -2.85. The van der Waals surface area contributed by atoms with Gasteiger partial charge in [-0.05, 0) is 34.9 Å². The number of carbonyl (C=O) groups is 1. The van der Waals surface area contributed by atoms with Crippen molar-refractivity contribution in [3.8, 4) is 28.0 Å². The molecule has 1 aliphatic heterocycles. The summed E-state index contributed by atoms with van der Waals surface area (Å²) < 4.78 is 0. The van der Waals surface area contributed by atoms with Gasteiger partial charge in [0.1, 0.15) is 5.75 Å². The van der Waals surface area contributed by atoms with Gasteiger partial charge >= 0.3 is 0 Å². The van der Waals surface area contributed by atoms with Gasteiger partial charge in [0.2, 0.25) is 5.91 Å². The Balaban J connectivity index is 1.73. The first-order chi connectivity index (χ1) is 11.6. The van der Waals surface area contributed by atoms with Gasteiger partial charge in [0.15, 0.2) is 0 Å². The van der Waals surface area contributed by atoms with E-state index in [0.717, 1.165) is 33.5 Å². The number of anilines is 1. The third-order valence-corrected chi connectivity index (χ3v) is 4.44. The van der Waals surface area contributed by atoms with E-state index in [9.17, 15) is 9.90 Å². The number of halogens is 1. The summed E-state index contributed by atoms with van der Waals surface area (Å²) in [7, 11) is 0. The number of hydrogen-bond donors (Lipinski definition) is 2. The number of aromatic nitrogens is 1. The van der Waals surface area contributed by atoms with E-state index in [2.05, 4.69) is 10.3 Å². The Morgan fingerprint density at radius 2 is 1.75 bits per heavy atom. The normalized spacial score (nSPS) is 12.8. The molecule has 4 nitrogen and oxygen atoms in total. The van der Waals surface area contributed by atoms with Gasteiger partial charge in [-0.1, -0.05) is 35.9 Å². The van der Waals surface area contributed by atoms with Crippen LogP contribution in [0, 0.1) is 0 Å². The van der Waals surface area contributed by atoms with Gasteiger partial charge in [0, 0.05) is 23.0 Å². The molecule has 4 rings (SSSR count). The highest BCUT2D eigenvalue weighted by Crippen LogP contribution is 2.37. The number of aromatic hydroxyl groups is 1. The topological polar surface area (TPSA) is 62.2 Å². The summed E-state index contributed by atoms with van der Waals surface area (Å²) in [4.78, 5) is 15.4. The van der Waals surface area contributed by atoms with Gasteiger partial charge in [-0.15, -0.1) is 0 Å². The first-order valence-corrected chi connectivity index (χ1v) is 7.85. The maximum absolute atomic E-state index is 11.5. The number of pyridine rings is 1. The average molecular weight is 337 g/mol. The van der Waals surface area contributed by atoms with Crippen molar-refractivity contribution in [3.63, 3.8) is 0 Å². The second kappa shape index (κ2) is 5.65. The monoisotopic (exact) mass is 336 g/mol. The van der Waals surface area contributed by atoms with E-state index in [0.29, 0.717) is 11.4 Å². The predicted octanol–water partition coefficient (Wildman–Crippen LogP) is 4.27. The summed E-state index contributed by atoms with van der Waals surface area (Å²) in [5, 5.41) is 13.3. The van der Waals surface area contributed by atoms with Gasteiger partial charge in [-0.25, -0.2) is 0 Å². The molecule has 24 heavy (non-hydrogen) atoms. The highest BCUT2D eigenvalue weighted by atomic mass is 35.5. The summed E-state index contributed by atoms with van der Waals surface area (Å²) in [5.41, 5.74) is 5.21. The summed E-state index contributed by atoms with van der Waals surface area (Å²) in [5.74, 6) is 0.132. The van der Waals surface area contributed by atoms with Gasteiger partial charge < -0.3 is 10.4 Å². The molecule has 0 radical (unpaired) electrons. The van der Waals surface area contributed by atoms with Gasteiger partial charge in [-0.3, -0.25) is 9.78 Å². The number of nitrogens with zero attached hydrogens (tertiary/aromatic N) is 1. The van der Waals surface area contributed by atoms with E-state index in [1.807, 2.05) is 30.3 Å². The third-order valence-electron chi connectivity index (χ3n) is 4.12. The van der Waals surface area contributed by atoms with Crippen LogP contribution in [0.2, 0.25) is 5.02 Å². The number of rotatable bonds is 2. The van der Waals surface area contributed by atoms with Gasteiger partial charge in [-0.2, -0.15) is 0 Å². The molecule has 0 atom stereocenters. The fourth-order valence-electron chi connectivity index (χ4n) is 2.93. The standard InChI is InChI=1S/C19H13ClN2O2/c20-16-9-17-13(8-19(24)22-17)7-15(16)12-3-1-11(2-4-12)14-5-6-21-10-18(14)23/h1-7,9-10,23H,8H2,(H,22,24). The molecule has 0 unspecified atom stereocenters. The lowest BCUT2D eigenvalue weighted by Crippen LogP contribution is -2.03. The van der Waals surface area contributed by atoms with Crippen LogP contribution in [-0.2, 0) is 11.2 Å². The maximum atomic E-state index is 11.5. The molecule has 1 aliphatic rings. The molecule has 118 valence electrons. The van der Waals surface area contributed by atoms with Crippen LogP contribution >= 0.6 is 11.6 Å². The molecule has 0 fully saturated rings. The van der Waals surface area contributed by atoms with Crippen LogP contribution in [0.4, 0.5) is 5.69 Å². The molecule has 2 N–H and O–H groups in total. The zero-order valence-corrected chi connectivity index (χ0v) is 13.3. The van der Waals surface area contributed by atoms with Crippen LogP contribution in [0.1, 0.15) is 5.56 Å². The fraction of sp³-hybridized carbons (Fsp3) is 0.0526. The first-order valence-electron chi connectivity index (χ1n) is 7.48. The molecular weight excluding hydrogens is 324 g/mol. The lowest BCUT2D eigenvalue weighted by atomic mass is 9.98. The zero-order valence-electron chi connectivity index (χ0n) is 12.6. The predicted molar refractivity (Wildman–Crippen MR) is 94.1 cm³/mol. The largest absolute Gasteiger partial charge is 0.506 e. The minimum atomic E-state index is -0.0123. The van der Waals surface area contributed by atoms with Crippen LogP contribution in [0.3, 0.4) is 0 Å². The molecule has 1 aromatic heterocycles. The van der Waals surface area contributed by atoms with Crippen LogP contribution in [0.15, 0.2) is 54.9 Å². The van der Waals surface area contributed by atoms with E-state index >= 15 is 0 Å². The molecular formula is C19H13ClN2O2. The SMILES string of the molecule is O=C1Cc2cc(-c3ccc(-c4ccncc4O)cc3)c(Cl)cc2N1. The molecule has 5 heteroatoms. The zero-order chi connectivity index (χ0) is 16.7. The summed E-state index contributed by atoms with van der Waals surface area (Å²) in [6, 6.07) is 13.3. The van der Waals surface area contributed by atoms with E-state index < -0.39 is 0 Å². The van der Waals surface area contributed by atoms with E-state index in [1.54, 1.807) is 18.3 Å². The van der Waals surface area contributed by atoms with Crippen molar-refractivity contribution in [3.05, 3.63) is 65.4 Å². The van der Waals surface area contributed by atoms with Gasteiger partial charge in [0.05, 0.1) is 17.6 Å². The van der Waals surface area contributed by atoms with Crippen molar-refractivity contribution in [2.24, 2.45) is 0 Å². The number of nitrogens with one attached hydrogen (secondary N) is 1. The quantitative estimate of drug-likeness (QED) is 0.734. The van der Waals surface area contributed by atoms with Crippen LogP contribution in [-0.4, -0.2) is 16.0 Å². The van der Waals surface area contributed by atoms with E-state index in [4.69, 9.17) is 11.6 Å². The third kappa shape index (κ3) is 2.51. The molecule has 2 aromatic carbocycles. The molecule has 0 spiro atoms. The summed E-state index contributed by atoms with van der Waals surface area (Å²) in [6.45, 7) is 0. The minimum Gasteiger partial charge on any atom is -0.506 e. The number of benzene rings is 2. The van der Waals surface area contributed by atoms with Crippen molar-refractivity contribution in [1.29, 1.82) is 0 Å². The van der Waals surface area contributed by atoms with E-state index in [1.165, 1.54) is 6.20 Å². The number of hydrogen-bond acceptors (Lipinski definition) is 3. The van der Waals surface area contributed by atoms with Crippen LogP contribution in [0.25, 0.3) is 22.3 Å². The summed E-state index contributed by atoms with van der Waals surface area (Å²) in [6.07, 6.45) is 3.44. The lowest BCUT2D eigenvalue weighted by molar-refractivity contribution is -0.115. The Labute approximate surface area is 143 Å². The number of amides is 1. The maximum Gasteiger partial charge on any atom is 0.228 e. The highest BCUT2D eigenvalue weighted by Gasteiger charge is 2.20. The number of carbonyl (C=O) groups excluding carboxylic acids is 1. The highest BCUT2D eigenvalue weighted by molar-refractivity contribution is 6.34. The molecule has 0 saturated heterocycles. The van der Waals surface area contributed by atoms with Crippen molar-refractivity contribution < 1.29 is 9.90 Å². The minimum absolute atomic E-state index is 0.0123. The van der Waals surface area contributed by atoms with Crippen molar-refractivity contribution in [2.45, 2.75) is 6.42 Å². The Kier molecular flexibility index (Phi) is 3.47. The molecule has 0 aliphatic carbocycles. The Bertz CT molecular complexity index is 952. The molecule has 0 saturated carbocycles. The smallest absolute Gasteiger partial charge is 0.228 e. The van der Waals surface area contributed by atoms with Gasteiger partial charge in [0.25, 0.3) is 0 Å². The Morgan fingerprint density at radius 3 is 2.46 bits per heavy atom. The molecule has 1 amide bonds. The molecule has 3 aromatic rings.